The smallest absolute Gasteiger partial charge is 0.410 e. The van der Waals surface area contributed by atoms with Crippen LogP contribution in [0.1, 0.15) is 48.3 Å². The average Bonchev–Trinajstić information content (AvgIpc) is 3.20. The number of amides is 1. The van der Waals surface area contributed by atoms with Crippen LogP contribution in [0.15, 0.2) is 72.8 Å². The molecule has 0 N–H and O–H groups in total. The van der Waals surface area contributed by atoms with Crippen LogP contribution in [0.3, 0.4) is 0 Å². The van der Waals surface area contributed by atoms with E-state index >= 15 is 0 Å². The number of carbonyl (C=O) groups excluding carboxylic acids is 1. The molecular formula is C30H28FNO3. The van der Waals surface area contributed by atoms with E-state index in [9.17, 15) is 9.18 Å². The van der Waals surface area contributed by atoms with Crippen molar-refractivity contribution in [2.24, 2.45) is 0 Å². The van der Waals surface area contributed by atoms with E-state index in [-0.39, 0.29) is 29.9 Å². The molecule has 3 aliphatic rings. The Balaban J connectivity index is 1.23. The van der Waals surface area contributed by atoms with E-state index in [1.807, 2.05) is 17.0 Å². The number of halogens is 1. The number of hydrogen-bond donors (Lipinski definition) is 0. The number of benzene rings is 3. The molecule has 178 valence electrons. The Bertz CT molecular complexity index is 1270. The van der Waals surface area contributed by atoms with Gasteiger partial charge in [0.25, 0.3) is 0 Å². The van der Waals surface area contributed by atoms with Gasteiger partial charge in [-0.1, -0.05) is 54.6 Å². The predicted molar refractivity (Wildman–Crippen MR) is 134 cm³/mol. The molecule has 3 aromatic rings. The number of carbonyl (C=O) groups is 1. The van der Waals surface area contributed by atoms with Crippen molar-refractivity contribution in [2.75, 3.05) is 13.7 Å². The molecule has 3 aromatic carbocycles. The molecule has 2 aliphatic heterocycles. The lowest BCUT2D eigenvalue weighted by Gasteiger charge is -2.44. The molecule has 2 unspecified atom stereocenters. The molecule has 1 fully saturated rings. The summed E-state index contributed by atoms with van der Waals surface area (Å²) >= 11 is 0. The van der Waals surface area contributed by atoms with Crippen LogP contribution in [-0.4, -0.2) is 36.8 Å². The van der Waals surface area contributed by atoms with Gasteiger partial charge in [0.1, 0.15) is 18.2 Å². The van der Waals surface area contributed by atoms with Gasteiger partial charge in [0, 0.05) is 17.5 Å². The number of methoxy groups -OCH3 is 1. The summed E-state index contributed by atoms with van der Waals surface area (Å²) in [6.45, 7) is 0.317. The zero-order valence-corrected chi connectivity index (χ0v) is 19.7. The first-order valence-electron chi connectivity index (χ1n) is 12.3. The molecule has 0 saturated carbocycles. The quantitative estimate of drug-likeness (QED) is 0.422. The predicted octanol–water partition coefficient (Wildman–Crippen LogP) is 6.79. The number of piperidine rings is 1. The summed E-state index contributed by atoms with van der Waals surface area (Å²) in [5, 5.41) is 0. The maximum Gasteiger partial charge on any atom is 0.410 e. The van der Waals surface area contributed by atoms with Crippen LogP contribution in [0.4, 0.5) is 9.18 Å². The maximum absolute atomic E-state index is 14.0. The summed E-state index contributed by atoms with van der Waals surface area (Å²) < 4.78 is 25.5. The lowest BCUT2D eigenvalue weighted by Crippen LogP contribution is -2.51. The fraction of sp³-hybridized carbons (Fsp3) is 0.300. The molecular weight excluding hydrogens is 441 g/mol. The van der Waals surface area contributed by atoms with Gasteiger partial charge in [-0.15, -0.1) is 0 Å². The molecule has 1 saturated heterocycles. The summed E-state index contributed by atoms with van der Waals surface area (Å²) in [5.41, 5.74) is 6.67. The highest BCUT2D eigenvalue weighted by Crippen LogP contribution is 2.45. The Labute approximate surface area is 205 Å². The fourth-order valence-electron chi connectivity index (χ4n) is 6.11. The lowest BCUT2D eigenvalue weighted by atomic mass is 9.83. The van der Waals surface area contributed by atoms with E-state index in [2.05, 4.69) is 42.5 Å². The molecule has 2 atom stereocenters. The second-order valence-corrected chi connectivity index (χ2v) is 9.60. The second-order valence-electron chi connectivity index (χ2n) is 9.60. The van der Waals surface area contributed by atoms with Crippen LogP contribution in [0.25, 0.3) is 16.7 Å². The van der Waals surface area contributed by atoms with Gasteiger partial charge in [-0.3, -0.25) is 4.90 Å². The van der Waals surface area contributed by atoms with Gasteiger partial charge in [0.15, 0.2) is 0 Å². The summed E-state index contributed by atoms with van der Waals surface area (Å²) in [4.78, 5) is 15.3. The average molecular weight is 470 g/mol. The normalized spacial score (nSPS) is 20.6. The number of fused-ring (bicyclic) bond motifs is 5. The molecule has 1 amide bonds. The highest BCUT2D eigenvalue weighted by atomic mass is 19.1. The Morgan fingerprint density at radius 2 is 1.69 bits per heavy atom. The van der Waals surface area contributed by atoms with Crippen LogP contribution in [-0.2, 0) is 4.74 Å². The SMILES string of the molecule is COc1ccc(F)cc1C1=CC2CCCC(C1)N2C(=O)OCC1c2ccccc2-c2ccccc21. The Hall–Kier alpha value is -3.60. The van der Waals surface area contributed by atoms with Crippen molar-refractivity contribution in [3.8, 4) is 16.9 Å². The Kier molecular flexibility index (Phi) is 5.56. The van der Waals surface area contributed by atoms with Crippen molar-refractivity contribution in [3.05, 3.63) is 95.3 Å². The van der Waals surface area contributed by atoms with Gasteiger partial charge in [-0.25, -0.2) is 9.18 Å². The first-order chi connectivity index (χ1) is 17.1. The third-order valence-corrected chi connectivity index (χ3v) is 7.69. The molecule has 2 bridgehead atoms. The van der Waals surface area contributed by atoms with Crippen molar-refractivity contribution in [1.82, 2.24) is 4.90 Å². The van der Waals surface area contributed by atoms with E-state index < -0.39 is 0 Å². The number of ether oxygens (including phenoxy) is 2. The Morgan fingerprint density at radius 3 is 2.37 bits per heavy atom. The highest BCUT2D eigenvalue weighted by Gasteiger charge is 2.39. The van der Waals surface area contributed by atoms with Gasteiger partial charge in [-0.2, -0.15) is 0 Å². The molecule has 5 heteroatoms. The van der Waals surface area contributed by atoms with Crippen LogP contribution >= 0.6 is 0 Å². The molecule has 35 heavy (non-hydrogen) atoms. The molecule has 0 spiro atoms. The topological polar surface area (TPSA) is 38.8 Å². The summed E-state index contributed by atoms with van der Waals surface area (Å²) in [5.74, 6) is 0.412. The van der Waals surface area contributed by atoms with Crippen LogP contribution in [0, 0.1) is 5.82 Å². The van der Waals surface area contributed by atoms with E-state index in [1.54, 1.807) is 13.2 Å². The minimum atomic E-state index is -0.286. The van der Waals surface area contributed by atoms with Crippen LogP contribution in [0.5, 0.6) is 5.75 Å². The molecule has 4 nitrogen and oxygen atoms in total. The lowest BCUT2D eigenvalue weighted by molar-refractivity contribution is 0.0538. The summed E-state index contributed by atoms with van der Waals surface area (Å²) in [6.07, 6.45) is 5.36. The van der Waals surface area contributed by atoms with Crippen molar-refractivity contribution in [3.63, 3.8) is 0 Å². The van der Waals surface area contributed by atoms with Crippen molar-refractivity contribution < 1.29 is 18.7 Å². The third-order valence-electron chi connectivity index (χ3n) is 7.69. The molecule has 0 radical (unpaired) electrons. The number of rotatable bonds is 4. The molecule has 1 aliphatic carbocycles. The van der Waals surface area contributed by atoms with Gasteiger partial charge in [0.2, 0.25) is 0 Å². The van der Waals surface area contributed by atoms with E-state index in [0.29, 0.717) is 18.8 Å². The number of hydrogen-bond acceptors (Lipinski definition) is 3. The molecule has 2 heterocycles. The highest BCUT2D eigenvalue weighted by molar-refractivity contribution is 5.80. The number of nitrogens with zero attached hydrogens (tertiary/aromatic N) is 1. The first kappa shape index (κ1) is 21.9. The second kappa shape index (κ2) is 8.88. The van der Waals surface area contributed by atoms with Gasteiger partial charge in [-0.05, 0) is 71.7 Å². The van der Waals surface area contributed by atoms with E-state index in [1.165, 1.54) is 34.4 Å². The van der Waals surface area contributed by atoms with Crippen molar-refractivity contribution in [1.29, 1.82) is 0 Å². The third kappa shape index (κ3) is 3.79. The largest absolute Gasteiger partial charge is 0.496 e. The van der Waals surface area contributed by atoms with Crippen LogP contribution < -0.4 is 4.74 Å². The molecule has 6 rings (SSSR count). The maximum atomic E-state index is 14.0. The van der Waals surface area contributed by atoms with Gasteiger partial charge < -0.3 is 9.47 Å². The standard InChI is InChI=1S/C30H28FNO3/c1-34-29-14-13-20(31)17-27(29)19-15-21-7-6-8-22(16-19)32(21)30(33)35-18-28-25-11-4-2-9-23(25)24-10-3-5-12-26(24)28/h2-5,9-15,17,21-22,28H,6-8,16,18H2,1H3. The van der Waals surface area contributed by atoms with Gasteiger partial charge in [0.05, 0.1) is 13.2 Å². The molecule has 0 aromatic heterocycles. The monoisotopic (exact) mass is 469 g/mol. The van der Waals surface area contributed by atoms with E-state index in [0.717, 1.165) is 30.4 Å². The first-order valence-corrected chi connectivity index (χ1v) is 12.3. The van der Waals surface area contributed by atoms with Crippen molar-refractivity contribution >= 4 is 11.7 Å². The summed E-state index contributed by atoms with van der Waals surface area (Å²) in [6, 6.07) is 21.3. The zero-order valence-electron chi connectivity index (χ0n) is 19.7. The van der Waals surface area contributed by atoms with Crippen LogP contribution in [0.2, 0.25) is 0 Å². The fourth-order valence-corrected chi connectivity index (χ4v) is 6.11. The van der Waals surface area contributed by atoms with Gasteiger partial charge >= 0.3 is 6.09 Å². The minimum Gasteiger partial charge on any atom is -0.496 e. The Morgan fingerprint density at radius 1 is 0.971 bits per heavy atom. The van der Waals surface area contributed by atoms with Crippen molar-refractivity contribution in [2.45, 2.75) is 43.7 Å². The van der Waals surface area contributed by atoms with E-state index in [4.69, 9.17) is 9.47 Å². The zero-order chi connectivity index (χ0) is 23.9. The minimum absolute atomic E-state index is 0.0392. The summed E-state index contributed by atoms with van der Waals surface area (Å²) in [7, 11) is 1.60.